The minimum absolute atomic E-state index is 0. The Morgan fingerprint density at radius 3 is 2.60 bits per heavy atom. The Kier molecular flexibility index (Phi) is 7.53. The number of hydrogen-bond donors (Lipinski definition) is 1. The summed E-state index contributed by atoms with van der Waals surface area (Å²) in [5, 5.41) is 5.67. The number of halogens is 1. The van der Waals surface area contributed by atoms with Crippen LogP contribution in [0.1, 0.15) is 26.2 Å². The summed E-state index contributed by atoms with van der Waals surface area (Å²) in [5.74, 6) is 0.848. The molecule has 0 radical (unpaired) electrons. The Bertz CT molecular complexity index is 686. The third-order valence-corrected chi connectivity index (χ3v) is 4.62. The average molecular weight is 363 g/mol. The fourth-order valence-electron chi connectivity index (χ4n) is 3.36. The van der Waals surface area contributed by atoms with Crippen LogP contribution in [0.15, 0.2) is 42.5 Å². The van der Waals surface area contributed by atoms with Gasteiger partial charge in [0.25, 0.3) is 5.91 Å². The predicted octanol–water partition coefficient (Wildman–Crippen LogP) is 3.63. The van der Waals surface area contributed by atoms with Crippen molar-refractivity contribution in [3.63, 3.8) is 0 Å². The fourth-order valence-corrected chi connectivity index (χ4v) is 3.36. The molecule has 0 atom stereocenters. The van der Waals surface area contributed by atoms with Crippen LogP contribution in [0.25, 0.3) is 10.8 Å². The molecule has 1 aliphatic heterocycles. The number of nitrogens with zero attached hydrogens (tertiary/aromatic N) is 1. The number of amides is 1. The summed E-state index contributed by atoms with van der Waals surface area (Å²) in [7, 11) is 0. The third kappa shape index (κ3) is 5.10. The van der Waals surface area contributed by atoms with E-state index in [1.807, 2.05) is 35.2 Å². The Hall–Kier alpha value is -1.78. The van der Waals surface area contributed by atoms with Crippen molar-refractivity contribution in [2.75, 3.05) is 26.2 Å². The van der Waals surface area contributed by atoms with Crippen molar-refractivity contribution in [1.29, 1.82) is 0 Å². The second kappa shape index (κ2) is 9.64. The molecule has 2 aromatic carbocycles. The van der Waals surface area contributed by atoms with E-state index < -0.39 is 0 Å². The lowest BCUT2D eigenvalue weighted by atomic mass is 10.0. The van der Waals surface area contributed by atoms with Crippen LogP contribution in [0.4, 0.5) is 0 Å². The summed E-state index contributed by atoms with van der Waals surface area (Å²) < 4.78 is 5.79. The van der Waals surface area contributed by atoms with Crippen LogP contribution in [0.3, 0.4) is 0 Å². The maximum Gasteiger partial charge on any atom is 0.260 e. The molecule has 4 nitrogen and oxygen atoms in total. The second-order valence-electron chi connectivity index (χ2n) is 6.37. The van der Waals surface area contributed by atoms with E-state index in [9.17, 15) is 4.79 Å². The summed E-state index contributed by atoms with van der Waals surface area (Å²) in [5.41, 5.74) is 0. The molecule has 0 bridgehead atoms. The van der Waals surface area contributed by atoms with Crippen molar-refractivity contribution in [2.45, 2.75) is 32.2 Å². The zero-order valence-electron chi connectivity index (χ0n) is 14.7. The molecule has 1 heterocycles. The number of carbonyl (C=O) groups is 1. The second-order valence-corrected chi connectivity index (χ2v) is 6.37. The summed E-state index contributed by atoms with van der Waals surface area (Å²) in [6.45, 7) is 5.02. The Balaban J connectivity index is 0.00000225. The van der Waals surface area contributed by atoms with Crippen molar-refractivity contribution < 1.29 is 9.53 Å². The van der Waals surface area contributed by atoms with Gasteiger partial charge in [0, 0.05) is 12.6 Å². The molecule has 1 fully saturated rings. The van der Waals surface area contributed by atoms with Gasteiger partial charge in [-0.2, -0.15) is 0 Å². The number of hydrogen-bond acceptors (Lipinski definition) is 3. The van der Waals surface area contributed by atoms with Crippen LogP contribution in [-0.2, 0) is 4.79 Å². The van der Waals surface area contributed by atoms with Crippen LogP contribution in [0.5, 0.6) is 5.75 Å². The number of ether oxygens (including phenoxy) is 1. The highest BCUT2D eigenvalue weighted by atomic mass is 35.5. The van der Waals surface area contributed by atoms with Gasteiger partial charge in [-0.05, 0) is 55.3 Å². The molecule has 0 spiro atoms. The average Bonchev–Trinajstić information content (AvgIpc) is 2.64. The number of piperidine rings is 1. The van der Waals surface area contributed by atoms with Gasteiger partial charge in [0.2, 0.25) is 0 Å². The van der Waals surface area contributed by atoms with Crippen LogP contribution in [0.2, 0.25) is 0 Å². The van der Waals surface area contributed by atoms with E-state index in [1.54, 1.807) is 0 Å². The van der Waals surface area contributed by atoms with Crippen molar-refractivity contribution in [3.05, 3.63) is 42.5 Å². The van der Waals surface area contributed by atoms with Gasteiger partial charge in [-0.1, -0.05) is 37.3 Å². The fraction of sp³-hybridized carbons (Fsp3) is 0.450. The lowest BCUT2D eigenvalue weighted by Crippen LogP contribution is -2.48. The van der Waals surface area contributed by atoms with Gasteiger partial charge in [0.1, 0.15) is 5.75 Å². The van der Waals surface area contributed by atoms with Gasteiger partial charge in [-0.3, -0.25) is 4.79 Å². The number of fused-ring (bicyclic) bond motifs is 1. The van der Waals surface area contributed by atoms with Crippen molar-refractivity contribution in [2.24, 2.45) is 0 Å². The number of carbonyl (C=O) groups excluding carboxylic acids is 1. The monoisotopic (exact) mass is 362 g/mol. The number of nitrogens with one attached hydrogen (secondary N) is 1. The molecule has 5 heteroatoms. The molecule has 136 valence electrons. The Labute approximate surface area is 155 Å². The highest BCUT2D eigenvalue weighted by molar-refractivity contribution is 5.85. The van der Waals surface area contributed by atoms with Crippen LogP contribution >= 0.6 is 12.4 Å². The van der Waals surface area contributed by atoms with Gasteiger partial charge >= 0.3 is 0 Å². The van der Waals surface area contributed by atoms with E-state index in [0.29, 0.717) is 6.04 Å². The highest BCUT2D eigenvalue weighted by Crippen LogP contribution is 2.21. The first-order chi connectivity index (χ1) is 11.8. The molecule has 0 aliphatic carbocycles. The van der Waals surface area contributed by atoms with Crippen molar-refractivity contribution in [1.82, 2.24) is 10.2 Å². The molecule has 25 heavy (non-hydrogen) atoms. The van der Waals surface area contributed by atoms with E-state index in [-0.39, 0.29) is 24.9 Å². The van der Waals surface area contributed by atoms with E-state index in [1.165, 1.54) is 5.39 Å². The predicted molar refractivity (Wildman–Crippen MR) is 105 cm³/mol. The molecule has 1 amide bonds. The zero-order valence-corrected chi connectivity index (χ0v) is 15.6. The smallest absolute Gasteiger partial charge is 0.260 e. The minimum atomic E-state index is 0. The van der Waals surface area contributed by atoms with Crippen LogP contribution < -0.4 is 10.1 Å². The largest absolute Gasteiger partial charge is 0.484 e. The standard InChI is InChI=1S/C20H26N2O2.ClH/c1-2-13-22(18-9-11-21-12-10-18)20(23)15-24-19-8-7-16-5-3-4-6-17(16)14-19;/h3-8,14,18,21H,2,9-13,15H2,1H3;1H. The molecular formula is C20H27ClN2O2. The minimum Gasteiger partial charge on any atom is -0.484 e. The molecule has 0 unspecified atom stereocenters. The Morgan fingerprint density at radius 2 is 1.88 bits per heavy atom. The number of rotatable bonds is 6. The summed E-state index contributed by atoms with van der Waals surface area (Å²) >= 11 is 0. The van der Waals surface area contributed by atoms with Gasteiger partial charge in [-0.25, -0.2) is 0 Å². The SMILES string of the molecule is CCCN(C(=O)COc1ccc2ccccc2c1)C1CCNCC1.Cl. The first-order valence-corrected chi connectivity index (χ1v) is 8.89. The maximum atomic E-state index is 12.6. The van der Waals surface area contributed by atoms with Crippen LogP contribution in [0, 0.1) is 0 Å². The molecule has 1 N–H and O–H groups in total. The van der Waals surface area contributed by atoms with Crippen LogP contribution in [-0.4, -0.2) is 43.1 Å². The van der Waals surface area contributed by atoms with Gasteiger partial charge in [-0.15, -0.1) is 12.4 Å². The van der Waals surface area contributed by atoms with E-state index in [0.717, 1.165) is 50.0 Å². The first-order valence-electron chi connectivity index (χ1n) is 8.89. The lowest BCUT2D eigenvalue weighted by molar-refractivity contribution is -0.136. The molecule has 2 aromatic rings. The lowest BCUT2D eigenvalue weighted by Gasteiger charge is -2.34. The van der Waals surface area contributed by atoms with E-state index in [2.05, 4.69) is 24.4 Å². The summed E-state index contributed by atoms with van der Waals surface area (Å²) in [4.78, 5) is 14.7. The zero-order chi connectivity index (χ0) is 16.8. The van der Waals surface area contributed by atoms with Gasteiger partial charge in [0.15, 0.2) is 6.61 Å². The Morgan fingerprint density at radius 1 is 1.16 bits per heavy atom. The van der Waals surface area contributed by atoms with Gasteiger partial charge < -0.3 is 15.0 Å². The quantitative estimate of drug-likeness (QED) is 0.853. The molecule has 1 saturated heterocycles. The normalized spacial score (nSPS) is 14.8. The molecule has 3 rings (SSSR count). The highest BCUT2D eigenvalue weighted by Gasteiger charge is 2.24. The molecule has 1 aliphatic rings. The maximum absolute atomic E-state index is 12.6. The molecule has 0 saturated carbocycles. The van der Waals surface area contributed by atoms with Crippen molar-refractivity contribution >= 4 is 29.1 Å². The van der Waals surface area contributed by atoms with E-state index >= 15 is 0 Å². The molecule has 0 aromatic heterocycles. The van der Waals surface area contributed by atoms with E-state index in [4.69, 9.17) is 4.74 Å². The van der Waals surface area contributed by atoms with Crippen molar-refractivity contribution in [3.8, 4) is 5.75 Å². The molecular weight excluding hydrogens is 336 g/mol. The summed E-state index contributed by atoms with van der Waals surface area (Å²) in [6, 6.07) is 14.5. The topological polar surface area (TPSA) is 41.6 Å². The third-order valence-electron chi connectivity index (χ3n) is 4.62. The number of benzene rings is 2. The van der Waals surface area contributed by atoms with Gasteiger partial charge in [0.05, 0.1) is 0 Å². The summed E-state index contributed by atoms with van der Waals surface area (Å²) in [6.07, 6.45) is 3.04. The first kappa shape index (κ1) is 19.5.